The van der Waals surface area contributed by atoms with E-state index < -0.39 is 0 Å². The van der Waals surface area contributed by atoms with E-state index in [1.54, 1.807) is 4.90 Å². The average Bonchev–Trinajstić information content (AvgIpc) is 2.47. The second-order valence-corrected chi connectivity index (χ2v) is 6.27. The Morgan fingerprint density at radius 1 is 1.36 bits per heavy atom. The van der Waals surface area contributed by atoms with Crippen molar-refractivity contribution in [2.45, 2.75) is 26.9 Å². The Labute approximate surface area is 135 Å². The van der Waals surface area contributed by atoms with Crippen LogP contribution in [0.3, 0.4) is 0 Å². The van der Waals surface area contributed by atoms with Gasteiger partial charge in [0.15, 0.2) is 0 Å². The number of aromatic nitrogens is 1. The SMILES string of the molecule is Cc1cc(C)c2nc(Cl)c(C(=O)N3CCOC(C)C3)cc2c1. The number of amides is 1. The first-order valence-electron chi connectivity index (χ1n) is 7.44. The van der Waals surface area contributed by atoms with Crippen molar-refractivity contribution in [3.05, 3.63) is 40.0 Å². The lowest BCUT2D eigenvalue weighted by Crippen LogP contribution is -2.44. The minimum absolute atomic E-state index is 0.0504. The van der Waals surface area contributed by atoms with Gasteiger partial charge < -0.3 is 9.64 Å². The highest BCUT2D eigenvalue weighted by atomic mass is 35.5. The molecule has 0 saturated carbocycles. The third-order valence-corrected chi connectivity index (χ3v) is 4.25. The number of halogens is 1. The number of ether oxygens (including phenoxy) is 1. The first kappa shape index (κ1) is 15.3. The summed E-state index contributed by atoms with van der Waals surface area (Å²) in [6, 6.07) is 5.95. The molecule has 0 bridgehead atoms. The summed E-state index contributed by atoms with van der Waals surface area (Å²) in [6.45, 7) is 7.73. The van der Waals surface area contributed by atoms with Gasteiger partial charge in [0.25, 0.3) is 5.91 Å². The van der Waals surface area contributed by atoms with E-state index in [0.29, 0.717) is 25.3 Å². The van der Waals surface area contributed by atoms with Crippen LogP contribution in [-0.4, -0.2) is 41.6 Å². The van der Waals surface area contributed by atoms with Crippen LogP contribution in [0.4, 0.5) is 0 Å². The van der Waals surface area contributed by atoms with Crippen LogP contribution in [0.25, 0.3) is 10.9 Å². The summed E-state index contributed by atoms with van der Waals surface area (Å²) in [5.41, 5.74) is 3.53. The summed E-state index contributed by atoms with van der Waals surface area (Å²) in [7, 11) is 0. The third kappa shape index (κ3) is 2.81. The lowest BCUT2D eigenvalue weighted by Gasteiger charge is -2.31. The highest BCUT2D eigenvalue weighted by Crippen LogP contribution is 2.25. The second kappa shape index (κ2) is 5.86. The number of morpholine rings is 1. The van der Waals surface area contributed by atoms with E-state index in [2.05, 4.69) is 11.1 Å². The van der Waals surface area contributed by atoms with Gasteiger partial charge in [0.2, 0.25) is 0 Å². The molecule has 5 heteroatoms. The molecule has 116 valence electrons. The number of nitrogens with zero attached hydrogens (tertiary/aromatic N) is 2. The maximum absolute atomic E-state index is 12.7. The topological polar surface area (TPSA) is 42.4 Å². The van der Waals surface area contributed by atoms with Gasteiger partial charge in [0, 0.05) is 18.5 Å². The van der Waals surface area contributed by atoms with Crippen LogP contribution in [0.5, 0.6) is 0 Å². The van der Waals surface area contributed by atoms with Gasteiger partial charge in [0.1, 0.15) is 5.15 Å². The number of aryl methyl sites for hydroxylation is 2. The van der Waals surface area contributed by atoms with Crippen LogP contribution in [0.15, 0.2) is 18.2 Å². The number of carbonyl (C=O) groups excluding carboxylic acids is 1. The van der Waals surface area contributed by atoms with Crippen LogP contribution in [-0.2, 0) is 4.74 Å². The van der Waals surface area contributed by atoms with Crippen LogP contribution in [0.2, 0.25) is 5.15 Å². The predicted octanol–water partition coefficient (Wildman–Crippen LogP) is 3.37. The molecule has 1 fully saturated rings. The largest absolute Gasteiger partial charge is 0.375 e. The van der Waals surface area contributed by atoms with Crippen LogP contribution in [0.1, 0.15) is 28.4 Å². The Balaban J connectivity index is 2.03. The highest BCUT2D eigenvalue weighted by Gasteiger charge is 2.25. The van der Waals surface area contributed by atoms with Crippen molar-refractivity contribution >= 4 is 28.4 Å². The third-order valence-electron chi connectivity index (χ3n) is 3.97. The molecule has 0 N–H and O–H groups in total. The summed E-state index contributed by atoms with van der Waals surface area (Å²) >= 11 is 6.28. The van der Waals surface area contributed by atoms with E-state index in [-0.39, 0.29) is 17.2 Å². The quantitative estimate of drug-likeness (QED) is 0.757. The van der Waals surface area contributed by atoms with Gasteiger partial charge in [-0.05, 0) is 38.5 Å². The van der Waals surface area contributed by atoms with E-state index >= 15 is 0 Å². The minimum Gasteiger partial charge on any atom is -0.375 e. The molecule has 0 radical (unpaired) electrons. The lowest BCUT2D eigenvalue weighted by atomic mass is 10.0. The Morgan fingerprint density at radius 2 is 2.14 bits per heavy atom. The van der Waals surface area contributed by atoms with E-state index in [9.17, 15) is 4.79 Å². The zero-order valence-electron chi connectivity index (χ0n) is 13.0. The fourth-order valence-electron chi connectivity index (χ4n) is 2.95. The Hall–Kier alpha value is -1.65. The molecule has 1 unspecified atom stereocenters. The van der Waals surface area contributed by atoms with Gasteiger partial charge in [-0.15, -0.1) is 0 Å². The molecule has 3 rings (SSSR count). The van der Waals surface area contributed by atoms with Crippen LogP contribution in [0, 0.1) is 13.8 Å². The second-order valence-electron chi connectivity index (χ2n) is 5.91. The zero-order chi connectivity index (χ0) is 15.9. The van der Waals surface area contributed by atoms with Gasteiger partial charge in [-0.2, -0.15) is 0 Å². The number of fused-ring (bicyclic) bond motifs is 1. The van der Waals surface area contributed by atoms with Crippen LogP contribution < -0.4 is 0 Å². The monoisotopic (exact) mass is 318 g/mol. The normalized spacial score (nSPS) is 18.7. The number of carbonyl (C=O) groups is 1. The molecule has 22 heavy (non-hydrogen) atoms. The van der Waals surface area contributed by atoms with Gasteiger partial charge in [0.05, 0.1) is 23.8 Å². The molecule has 1 aliphatic heterocycles. The Kier molecular flexibility index (Phi) is 4.06. The maximum Gasteiger partial charge on any atom is 0.257 e. The van der Waals surface area contributed by atoms with Crippen molar-refractivity contribution in [3.63, 3.8) is 0 Å². The van der Waals surface area contributed by atoms with Crippen molar-refractivity contribution in [2.24, 2.45) is 0 Å². The fourth-order valence-corrected chi connectivity index (χ4v) is 3.17. The van der Waals surface area contributed by atoms with Crippen molar-refractivity contribution in [1.29, 1.82) is 0 Å². The average molecular weight is 319 g/mol. The van der Waals surface area contributed by atoms with Crippen molar-refractivity contribution < 1.29 is 9.53 Å². The molecule has 2 aromatic rings. The molecular formula is C17H19ClN2O2. The van der Waals surface area contributed by atoms with Gasteiger partial charge in [-0.1, -0.05) is 23.2 Å². The number of pyridine rings is 1. The Morgan fingerprint density at radius 3 is 2.86 bits per heavy atom. The minimum atomic E-state index is -0.0753. The van der Waals surface area contributed by atoms with Crippen LogP contribution >= 0.6 is 11.6 Å². The molecule has 1 atom stereocenters. The Bertz CT molecular complexity index is 745. The van der Waals surface area contributed by atoms with Gasteiger partial charge in [-0.3, -0.25) is 4.79 Å². The summed E-state index contributed by atoms with van der Waals surface area (Å²) in [6.07, 6.45) is 0.0504. The first-order valence-corrected chi connectivity index (χ1v) is 7.82. The molecule has 2 heterocycles. The maximum atomic E-state index is 12.7. The number of hydrogen-bond acceptors (Lipinski definition) is 3. The molecule has 0 spiro atoms. The summed E-state index contributed by atoms with van der Waals surface area (Å²) in [4.78, 5) is 18.9. The van der Waals surface area contributed by atoms with Gasteiger partial charge >= 0.3 is 0 Å². The molecule has 1 aliphatic rings. The van der Waals surface area contributed by atoms with Crippen molar-refractivity contribution in [2.75, 3.05) is 19.7 Å². The predicted molar refractivity (Wildman–Crippen MR) is 87.5 cm³/mol. The molecule has 1 aromatic carbocycles. The summed E-state index contributed by atoms with van der Waals surface area (Å²) in [5.74, 6) is -0.0753. The standard InChI is InChI=1S/C17H19ClN2O2/c1-10-6-11(2)15-13(7-10)8-14(16(18)19-15)17(21)20-4-5-22-12(3)9-20/h6-8,12H,4-5,9H2,1-3H3. The smallest absolute Gasteiger partial charge is 0.257 e. The zero-order valence-corrected chi connectivity index (χ0v) is 13.8. The van der Waals surface area contributed by atoms with E-state index in [4.69, 9.17) is 16.3 Å². The fraction of sp³-hybridized carbons (Fsp3) is 0.412. The van der Waals surface area contributed by atoms with E-state index in [1.807, 2.05) is 32.9 Å². The molecule has 1 aromatic heterocycles. The number of rotatable bonds is 1. The summed E-state index contributed by atoms with van der Waals surface area (Å²) in [5, 5.41) is 1.22. The van der Waals surface area contributed by atoms with Crippen molar-refractivity contribution in [1.82, 2.24) is 9.88 Å². The van der Waals surface area contributed by atoms with E-state index in [0.717, 1.165) is 22.0 Å². The first-order chi connectivity index (χ1) is 10.5. The molecule has 0 aliphatic carbocycles. The van der Waals surface area contributed by atoms with Crippen molar-refractivity contribution in [3.8, 4) is 0 Å². The molecule has 1 amide bonds. The molecular weight excluding hydrogens is 300 g/mol. The molecule has 1 saturated heterocycles. The lowest BCUT2D eigenvalue weighted by molar-refractivity contribution is -0.0124. The highest BCUT2D eigenvalue weighted by molar-refractivity contribution is 6.33. The molecule has 4 nitrogen and oxygen atoms in total. The number of benzene rings is 1. The number of hydrogen-bond donors (Lipinski definition) is 0. The van der Waals surface area contributed by atoms with Gasteiger partial charge in [-0.25, -0.2) is 4.98 Å². The van der Waals surface area contributed by atoms with E-state index in [1.165, 1.54) is 0 Å². The summed E-state index contributed by atoms with van der Waals surface area (Å²) < 4.78 is 5.48.